The summed E-state index contributed by atoms with van der Waals surface area (Å²) in [5.41, 5.74) is 2.56. The SMILES string of the molecule is CN1Cc2c(N3CCN(C(=O)OC(C)(C)C)CC3)ccc(Nc3nc(Cl)ncc3Cl)c2C1=O. The number of rotatable bonds is 3. The number of piperazine rings is 1. The zero-order valence-corrected chi connectivity index (χ0v) is 20.5. The zero-order chi connectivity index (χ0) is 23.9. The minimum absolute atomic E-state index is 0.0569. The van der Waals surface area contributed by atoms with E-state index in [-0.39, 0.29) is 17.3 Å². The van der Waals surface area contributed by atoms with Crippen LogP contribution in [-0.2, 0) is 11.3 Å². The van der Waals surface area contributed by atoms with Crippen molar-refractivity contribution in [2.24, 2.45) is 0 Å². The molecular weight excluding hydrogens is 467 g/mol. The average Bonchev–Trinajstić information content (AvgIpc) is 3.05. The number of aromatic nitrogens is 2. The molecule has 0 spiro atoms. The first-order valence-electron chi connectivity index (χ1n) is 10.6. The van der Waals surface area contributed by atoms with Crippen molar-refractivity contribution in [3.8, 4) is 0 Å². The molecule has 33 heavy (non-hydrogen) atoms. The average molecular weight is 493 g/mol. The first kappa shape index (κ1) is 23.4. The number of hydrogen-bond acceptors (Lipinski definition) is 7. The number of anilines is 3. The van der Waals surface area contributed by atoms with E-state index in [0.717, 1.165) is 11.3 Å². The molecule has 0 bridgehead atoms. The van der Waals surface area contributed by atoms with Crippen molar-refractivity contribution in [1.29, 1.82) is 0 Å². The molecule has 1 aromatic carbocycles. The summed E-state index contributed by atoms with van der Waals surface area (Å²) in [6.07, 6.45) is 1.11. The summed E-state index contributed by atoms with van der Waals surface area (Å²) in [6.45, 7) is 8.44. The molecule has 0 saturated carbocycles. The minimum atomic E-state index is -0.528. The van der Waals surface area contributed by atoms with Crippen LogP contribution in [0, 0.1) is 0 Å². The largest absolute Gasteiger partial charge is 0.444 e. The molecular formula is C22H26Cl2N6O3. The van der Waals surface area contributed by atoms with Gasteiger partial charge in [-0.05, 0) is 44.5 Å². The van der Waals surface area contributed by atoms with Gasteiger partial charge in [0.05, 0.1) is 17.4 Å². The monoisotopic (exact) mass is 492 g/mol. The summed E-state index contributed by atoms with van der Waals surface area (Å²) in [5, 5.41) is 3.49. The van der Waals surface area contributed by atoms with Gasteiger partial charge in [-0.15, -0.1) is 0 Å². The number of fused-ring (bicyclic) bond motifs is 1. The summed E-state index contributed by atoms with van der Waals surface area (Å²) in [4.78, 5) is 38.9. The van der Waals surface area contributed by atoms with Gasteiger partial charge in [0, 0.05) is 51.0 Å². The molecule has 4 rings (SSSR count). The lowest BCUT2D eigenvalue weighted by Crippen LogP contribution is -2.50. The van der Waals surface area contributed by atoms with Gasteiger partial charge in [0.15, 0.2) is 5.82 Å². The van der Waals surface area contributed by atoms with Gasteiger partial charge in [-0.25, -0.2) is 9.78 Å². The Bertz CT molecular complexity index is 1100. The molecule has 1 saturated heterocycles. The van der Waals surface area contributed by atoms with Crippen LogP contribution in [0.25, 0.3) is 0 Å². The van der Waals surface area contributed by atoms with Crippen LogP contribution in [0.3, 0.4) is 0 Å². The standard InChI is InChI=1S/C22H26Cl2N6O3/c1-22(2,3)33-21(32)30-9-7-29(8-10-30)16-6-5-15(17-13(16)12-28(4)19(17)31)26-18-14(23)11-25-20(24)27-18/h5-6,11H,7-10,12H2,1-4H3,(H,25,26,27). The third-order valence-corrected chi connectivity index (χ3v) is 5.94. The molecule has 0 aliphatic carbocycles. The molecule has 3 heterocycles. The Labute approximate surface area is 202 Å². The Kier molecular flexibility index (Phi) is 6.28. The Morgan fingerprint density at radius 1 is 1.15 bits per heavy atom. The van der Waals surface area contributed by atoms with Crippen LogP contribution in [-0.4, -0.2) is 70.6 Å². The number of nitrogens with zero attached hydrogens (tertiary/aromatic N) is 5. The second-order valence-corrected chi connectivity index (χ2v) is 9.81. The van der Waals surface area contributed by atoms with Crippen molar-refractivity contribution < 1.29 is 14.3 Å². The van der Waals surface area contributed by atoms with Crippen molar-refractivity contribution in [2.45, 2.75) is 32.9 Å². The summed E-state index contributed by atoms with van der Waals surface area (Å²) in [7, 11) is 1.77. The highest BCUT2D eigenvalue weighted by molar-refractivity contribution is 6.33. The molecule has 9 nitrogen and oxygen atoms in total. The van der Waals surface area contributed by atoms with Gasteiger partial charge in [0.25, 0.3) is 5.91 Å². The van der Waals surface area contributed by atoms with Gasteiger partial charge in [0.1, 0.15) is 10.6 Å². The van der Waals surface area contributed by atoms with Crippen LogP contribution >= 0.6 is 23.2 Å². The second kappa shape index (κ2) is 8.87. The maximum Gasteiger partial charge on any atom is 0.410 e. The van der Waals surface area contributed by atoms with E-state index in [4.69, 9.17) is 27.9 Å². The molecule has 0 unspecified atom stereocenters. The predicted octanol–water partition coefficient (Wildman–Crippen LogP) is 4.17. The lowest BCUT2D eigenvalue weighted by molar-refractivity contribution is 0.0240. The second-order valence-electron chi connectivity index (χ2n) is 9.06. The quantitative estimate of drug-likeness (QED) is 0.642. The van der Waals surface area contributed by atoms with Crippen LogP contribution in [0.1, 0.15) is 36.7 Å². The van der Waals surface area contributed by atoms with Crippen LogP contribution < -0.4 is 10.2 Å². The van der Waals surface area contributed by atoms with E-state index in [0.29, 0.717) is 54.8 Å². The smallest absolute Gasteiger partial charge is 0.410 e. The molecule has 2 aliphatic rings. The zero-order valence-electron chi connectivity index (χ0n) is 19.0. The number of nitrogens with one attached hydrogen (secondary N) is 1. The van der Waals surface area contributed by atoms with E-state index in [9.17, 15) is 9.59 Å². The van der Waals surface area contributed by atoms with E-state index in [2.05, 4.69) is 20.2 Å². The van der Waals surface area contributed by atoms with Crippen LogP contribution in [0.2, 0.25) is 10.3 Å². The molecule has 2 amide bonds. The summed E-state index contributed by atoms with van der Waals surface area (Å²) in [5.74, 6) is 0.248. The lowest BCUT2D eigenvalue weighted by Gasteiger charge is -2.37. The Morgan fingerprint density at radius 2 is 1.85 bits per heavy atom. The third-order valence-electron chi connectivity index (χ3n) is 5.48. The fraction of sp³-hybridized carbons (Fsp3) is 0.455. The van der Waals surface area contributed by atoms with Crippen molar-refractivity contribution >= 4 is 52.4 Å². The first-order chi connectivity index (χ1) is 15.5. The van der Waals surface area contributed by atoms with Gasteiger partial charge >= 0.3 is 6.09 Å². The summed E-state index contributed by atoms with van der Waals surface area (Å²) in [6, 6.07) is 3.82. The maximum atomic E-state index is 13.0. The molecule has 1 N–H and O–H groups in total. The molecule has 1 aromatic heterocycles. The van der Waals surface area contributed by atoms with E-state index >= 15 is 0 Å². The normalized spacial score (nSPS) is 16.2. The lowest BCUT2D eigenvalue weighted by atomic mass is 10.0. The maximum absolute atomic E-state index is 13.0. The van der Waals surface area contributed by atoms with Gasteiger partial charge in [0.2, 0.25) is 5.28 Å². The predicted molar refractivity (Wildman–Crippen MR) is 128 cm³/mol. The Morgan fingerprint density at radius 3 is 2.52 bits per heavy atom. The third kappa shape index (κ3) is 4.94. The molecule has 2 aromatic rings. The first-order valence-corrected chi connectivity index (χ1v) is 11.4. The topological polar surface area (TPSA) is 90.9 Å². The van der Waals surface area contributed by atoms with E-state index in [1.807, 2.05) is 32.9 Å². The molecule has 0 radical (unpaired) electrons. The number of amides is 2. The van der Waals surface area contributed by atoms with E-state index in [1.54, 1.807) is 16.8 Å². The highest BCUT2D eigenvalue weighted by atomic mass is 35.5. The van der Waals surface area contributed by atoms with Gasteiger partial charge in [-0.1, -0.05) is 11.6 Å². The van der Waals surface area contributed by atoms with Crippen LogP contribution in [0.5, 0.6) is 0 Å². The highest BCUT2D eigenvalue weighted by Crippen LogP contribution is 2.38. The van der Waals surface area contributed by atoms with Gasteiger partial charge < -0.3 is 24.8 Å². The van der Waals surface area contributed by atoms with Crippen molar-refractivity contribution in [1.82, 2.24) is 19.8 Å². The Hall–Kier alpha value is -2.78. The van der Waals surface area contributed by atoms with E-state index < -0.39 is 5.60 Å². The number of ether oxygens (including phenoxy) is 1. The number of benzene rings is 1. The summed E-state index contributed by atoms with van der Waals surface area (Å²) >= 11 is 12.1. The van der Waals surface area contributed by atoms with Gasteiger partial charge in [-0.2, -0.15) is 4.98 Å². The van der Waals surface area contributed by atoms with Crippen molar-refractivity contribution in [2.75, 3.05) is 43.4 Å². The Balaban J connectivity index is 1.57. The van der Waals surface area contributed by atoms with Crippen molar-refractivity contribution in [3.63, 3.8) is 0 Å². The number of carbonyl (C=O) groups excluding carboxylic acids is 2. The fourth-order valence-electron chi connectivity index (χ4n) is 3.96. The number of halogens is 2. The molecule has 11 heteroatoms. The van der Waals surface area contributed by atoms with E-state index in [1.165, 1.54) is 6.20 Å². The molecule has 1 fully saturated rings. The highest BCUT2D eigenvalue weighted by Gasteiger charge is 2.33. The van der Waals surface area contributed by atoms with Gasteiger partial charge in [-0.3, -0.25) is 4.79 Å². The molecule has 176 valence electrons. The minimum Gasteiger partial charge on any atom is -0.444 e. The van der Waals surface area contributed by atoms with Crippen LogP contribution in [0.4, 0.5) is 22.0 Å². The van der Waals surface area contributed by atoms with Crippen LogP contribution in [0.15, 0.2) is 18.3 Å². The number of hydrogen-bond donors (Lipinski definition) is 1. The molecule has 0 atom stereocenters. The summed E-state index contributed by atoms with van der Waals surface area (Å²) < 4.78 is 5.49. The van der Waals surface area contributed by atoms with Crippen molar-refractivity contribution in [3.05, 3.63) is 39.8 Å². The molecule has 2 aliphatic heterocycles. The fourth-order valence-corrected chi connectivity index (χ4v) is 4.23. The number of carbonyl (C=O) groups is 2.